The first-order chi connectivity index (χ1) is 8.72. The highest BCUT2D eigenvalue weighted by molar-refractivity contribution is 6.35. The lowest BCUT2D eigenvalue weighted by Crippen LogP contribution is -2.21. The third-order valence-corrected chi connectivity index (χ3v) is 3.80. The van der Waals surface area contributed by atoms with Crippen LogP contribution in [0.5, 0.6) is 0 Å². The first-order valence-electron chi connectivity index (χ1n) is 6.62. The minimum Gasteiger partial charge on any atom is -0.322 e. The van der Waals surface area contributed by atoms with E-state index in [9.17, 15) is 0 Å². The van der Waals surface area contributed by atoms with Crippen LogP contribution in [0.2, 0.25) is 5.02 Å². The number of fused-ring (bicyclic) bond motifs is 1. The van der Waals surface area contributed by atoms with Gasteiger partial charge in [-0.25, -0.2) is 4.98 Å². The van der Waals surface area contributed by atoms with Gasteiger partial charge in [-0.2, -0.15) is 0 Å². The van der Waals surface area contributed by atoms with Crippen LogP contribution in [-0.2, 0) is 0 Å². The fraction of sp³-hybridized carbons (Fsp3) is 0.500. The summed E-state index contributed by atoms with van der Waals surface area (Å²) in [5.74, 6) is 1.11. The zero-order valence-corrected chi connectivity index (χ0v) is 11.5. The Bertz CT molecular complexity index is 572. The molecule has 1 aromatic carbocycles. The summed E-state index contributed by atoms with van der Waals surface area (Å²) >= 11 is 6.35. The van der Waals surface area contributed by atoms with Gasteiger partial charge >= 0.3 is 0 Å². The molecule has 1 aromatic heterocycles. The molecule has 96 valence electrons. The van der Waals surface area contributed by atoms with Crippen LogP contribution in [0.15, 0.2) is 18.2 Å². The van der Waals surface area contributed by atoms with Crippen molar-refractivity contribution < 1.29 is 0 Å². The van der Waals surface area contributed by atoms with Gasteiger partial charge in [-0.15, -0.1) is 0 Å². The maximum Gasteiger partial charge on any atom is 0.127 e. The summed E-state index contributed by atoms with van der Waals surface area (Å²) in [6.45, 7) is 5.23. The summed E-state index contributed by atoms with van der Waals surface area (Å²) in [5, 5.41) is 4.25. The molecule has 1 aliphatic carbocycles. The van der Waals surface area contributed by atoms with Gasteiger partial charge in [0.2, 0.25) is 0 Å². The third-order valence-electron chi connectivity index (χ3n) is 3.50. The summed E-state index contributed by atoms with van der Waals surface area (Å²) in [6.07, 6.45) is 2.48. The predicted molar refractivity (Wildman–Crippen MR) is 75.1 cm³/mol. The Kier molecular flexibility index (Phi) is 3.04. The van der Waals surface area contributed by atoms with Crippen molar-refractivity contribution in [1.29, 1.82) is 0 Å². The molecule has 0 amide bonds. The van der Waals surface area contributed by atoms with Gasteiger partial charge in [0.1, 0.15) is 5.82 Å². The Balaban J connectivity index is 2.18. The van der Waals surface area contributed by atoms with E-state index in [1.807, 2.05) is 18.2 Å². The van der Waals surface area contributed by atoms with Crippen LogP contribution < -0.4 is 5.32 Å². The number of imidazole rings is 1. The molecule has 0 spiro atoms. The number of hydrogen-bond donors (Lipinski definition) is 1. The van der Waals surface area contributed by atoms with E-state index in [2.05, 4.69) is 23.7 Å². The number of aromatic nitrogens is 2. The number of hydrogen-bond acceptors (Lipinski definition) is 2. The molecule has 1 fully saturated rings. The van der Waals surface area contributed by atoms with Crippen molar-refractivity contribution in [3.63, 3.8) is 0 Å². The van der Waals surface area contributed by atoms with Crippen LogP contribution in [0.1, 0.15) is 44.6 Å². The SMILES string of the molecule is CCNC(C)c1nc2cccc(Cl)c2n1C1CC1. The number of rotatable bonds is 4. The van der Waals surface area contributed by atoms with Gasteiger partial charge in [0.25, 0.3) is 0 Å². The fourth-order valence-electron chi connectivity index (χ4n) is 2.53. The van der Waals surface area contributed by atoms with Crippen molar-refractivity contribution in [1.82, 2.24) is 14.9 Å². The van der Waals surface area contributed by atoms with E-state index in [1.165, 1.54) is 12.8 Å². The number of halogens is 1. The predicted octanol–water partition coefficient (Wildman–Crippen LogP) is 3.70. The van der Waals surface area contributed by atoms with Gasteiger partial charge in [0, 0.05) is 6.04 Å². The maximum atomic E-state index is 6.35. The lowest BCUT2D eigenvalue weighted by atomic mass is 10.3. The van der Waals surface area contributed by atoms with Gasteiger partial charge in [0.15, 0.2) is 0 Å². The maximum absolute atomic E-state index is 6.35. The van der Waals surface area contributed by atoms with Crippen molar-refractivity contribution in [2.45, 2.75) is 38.8 Å². The van der Waals surface area contributed by atoms with Crippen molar-refractivity contribution in [2.75, 3.05) is 6.54 Å². The lowest BCUT2D eigenvalue weighted by Gasteiger charge is -2.15. The Morgan fingerprint density at radius 3 is 2.94 bits per heavy atom. The van der Waals surface area contributed by atoms with E-state index < -0.39 is 0 Å². The topological polar surface area (TPSA) is 29.9 Å². The van der Waals surface area contributed by atoms with E-state index in [0.717, 1.165) is 28.4 Å². The van der Waals surface area contributed by atoms with Gasteiger partial charge in [0.05, 0.1) is 22.1 Å². The summed E-state index contributed by atoms with van der Waals surface area (Å²) in [7, 11) is 0. The van der Waals surface area contributed by atoms with Crippen molar-refractivity contribution in [2.24, 2.45) is 0 Å². The standard InChI is InChI=1S/C14H18ClN3/c1-3-16-9(2)14-17-12-6-4-5-11(15)13(12)18(14)10-7-8-10/h4-6,9-10,16H,3,7-8H2,1-2H3. The van der Waals surface area contributed by atoms with Gasteiger partial charge in [-0.3, -0.25) is 0 Å². The molecular formula is C14H18ClN3. The molecule has 2 aromatic rings. The average Bonchev–Trinajstić information content (AvgIpc) is 3.10. The van der Waals surface area contributed by atoms with E-state index in [4.69, 9.17) is 16.6 Å². The molecule has 0 radical (unpaired) electrons. The van der Waals surface area contributed by atoms with Crippen LogP contribution in [0.25, 0.3) is 11.0 Å². The number of benzene rings is 1. The molecule has 1 N–H and O–H groups in total. The summed E-state index contributed by atoms with van der Waals surface area (Å²) in [5.41, 5.74) is 2.11. The minimum absolute atomic E-state index is 0.263. The average molecular weight is 264 g/mol. The number of para-hydroxylation sites is 1. The number of nitrogens with zero attached hydrogens (tertiary/aromatic N) is 2. The zero-order valence-electron chi connectivity index (χ0n) is 10.8. The van der Waals surface area contributed by atoms with E-state index in [-0.39, 0.29) is 6.04 Å². The summed E-state index contributed by atoms with van der Waals surface area (Å²) < 4.78 is 2.34. The van der Waals surface area contributed by atoms with Crippen LogP contribution in [0.4, 0.5) is 0 Å². The molecule has 1 heterocycles. The van der Waals surface area contributed by atoms with E-state index >= 15 is 0 Å². The second-order valence-electron chi connectivity index (χ2n) is 4.96. The molecule has 3 nitrogen and oxygen atoms in total. The van der Waals surface area contributed by atoms with Gasteiger partial charge in [-0.05, 0) is 38.4 Å². The highest BCUT2D eigenvalue weighted by atomic mass is 35.5. The van der Waals surface area contributed by atoms with Gasteiger partial charge < -0.3 is 9.88 Å². The molecule has 18 heavy (non-hydrogen) atoms. The van der Waals surface area contributed by atoms with E-state index in [1.54, 1.807) is 0 Å². The monoisotopic (exact) mass is 263 g/mol. The molecule has 4 heteroatoms. The minimum atomic E-state index is 0.263. The Hall–Kier alpha value is -1.06. The van der Waals surface area contributed by atoms with Crippen LogP contribution in [0.3, 0.4) is 0 Å². The van der Waals surface area contributed by atoms with Crippen LogP contribution >= 0.6 is 11.6 Å². The van der Waals surface area contributed by atoms with Gasteiger partial charge in [-0.1, -0.05) is 24.6 Å². The second-order valence-corrected chi connectivity index (χ2v) is 5.37. The third kappa shape index (κ3) is 1.91. The quantitative estimate of drug-likeness (QED) is 0.912. The first kappa shape index (κ1) is 12.0. The molecule has 3 rings (SSSR count). The Morgan fingerprint density at radius 1 is 1.50 bits per heavy atom. The number of nitrogens with one attached hydrogen (secondary N) is 1. The first-order valence-corrected chi connectivity index (χ1v) is 7.00. The van der Waals surface area contributed by atoms with E-state index in [0.29, 0.717) is 6.04 Å². The normalized spacial score (nSPS) is 17.3. The molecule has 0 bridgehead atoms. The van der Waals surface area contributed by atoms with Crippen molar-refractivity contribution in [3.05, 3.63) is 29.0 Å². The fourth-order valence-corrected chi connectivity index (χ4v) is 2.79. The van der Waals surface area contributed by atoms with Crippen LogP contribution in [-0.4, -0.2) is 16.1 Å². The molecule has 0 saturated heterocycles. The van der Waals surface area contributed by atoms with Crippen LogP contribution in [0, 0.1) is 0 Å². The van der Waals surface area contributed by atoms with Crippen molar-refractivity contribution >= 4 is 22.6 Å². The highest BCUT2D eigenvalue weighted by Gasteiger charge is 2.30. The lowest BCUT2D eigenvalue weighted by molar-refractivity contribution is 0.534. The molecule has 1 aliphatic rings. The smallest absolute Gasteiger partial charge is 0.127 e. The Morgan fingerprint density at radius 2 is 2.28 bits per heavy atom. The molecular weight excluding hydrogens is 246 g/mol. The molecule has 1 unspecified atom stereocenters. The zero-order chi connectivity index (χ0) is 12.7. The molecule has 1 atom stereocenters. The largest absolute Gasteiger partial charge is 0.322 e. The summed E-state index contributed by atoms with van der Waals surface area (Å²) in [6, 6.07) is 6.82. The highest BCUT2D eigenvalue weighted by Crippen LogP contribution is 2.41. The molecule has 0 aliphatic heterocycles. The summed E-state index contributed by atoms with van der Waals surface area (Å²) in [4.78, 5) is 4.77. The second kappa shape index (κ2) is 4.56. The molecule has 1 saturated carbocycles. The Labute approximate surface area is 112 Å². The van der Waals surface area contributed by atoms with Crippen molar-refractivity contribution in [3.8, 4) is 0 Å².